The zero-order valence-corrected chi connectivity index (χ0v) is 18.1. The number of H-pyrrole nitrogens is 1. The van der Waals surface area contributed by atoms with Crippen molar-refractivity contribution in [2.75, 3.05) is 0 Å². The highest BCUT2D eigenvalue weighted by Gasteiger charge is 2.14. The van der Waals surface area contributed by atoms with Crippen molar-refractivity contribution >= 4 is 0 Å². The Morgan fingerprint density at radius 3 is 2.45 bits per heavy atom. The van der Waals surface area contributed by atoms with Gasteiger partial charge in [-0.1, -0.05) is 61.9 Å². The average Bonchev–Trinajstić information content (AvgIpc) is 3.34. The molecule has 0 atom stereocenters. The number of nitrogens with one attached hydrogen (secondary N) is 1. The Morgan fingerprint density at radius 2 is 1.77 bits per heavy atom. The van der Waals surface area contributed by atoms with Crippen LogP contribution in [0.25, 0.3) is 22.5 Å². The molecular weight excluding hydrogens is 388 g/mol. The van der Waals surface area contributed by atoms with Crippen LogP contribution in [-0.4, -0.2) is 30.2 Å². The third-order valence-electron chi connectivity index (χ3n) is 5.62. The Labute approximate surface area is 181 Å². The largest absolute Gasteiger partial charge is 0.300 e. The van der Waals surface area contributed by atoms with Crippen LogP contribution in [0.4, 0.5) is 0 Å². The molecule has 0 fully saturated rings. The number of unbranched alkanes of at least 4 members (excludes halogenated alkanes) is 1. The van der Waals surface area contributed by atoms with E-state index in [-0.39, 0.29) is 5.56 Å². The second-order valence-electron chi connectivity index (χ2n) is 7.71. The van der Waals surface area contributed by atoms with Crippen molar-refractivity contribution in [1.29, 1.82) is 0 Å². The lowest BCUT2D eigenvalue weighted by atomic mass is 9.96. The van der Waals surface area contributed by atoms with E-state index in [1.54, 1.807) is 11.6 Å². The predicted molar refractivity (Wildman–Crippen MR) is 121 cm³/mol. The van der Waals surface area contributed by atoms with Crippen molar-refractivity contribution < 1.29 is 0 Å². The maximum absolute atomic E-state index is 12.9. The van der Waals surface area contributed by atoms with Crippen molar-refractivity contribution in [2.45, 2.75) is 39.5 Å². The number of hydrogen-bond acceptors (Lipinski definition) is 5. The van der Waals surface area contributed by atoms with E-state index in [1.165, 1.54) is 0 Å². The summed E-state index contributed by atoms with van der Waals surface area (Å²) in [6.07, 6.45) is 3.51. The lowest BCUT2D eigenvalue weighted by Gasteiger charge is -2.13. The summed E-state index contributed by atoms with van der Waals surface area (Å²) in [5, 5.41) is 14.4. The molecule has 0 unspecified atom stereocenters. The van der Waals surface area contributed by atoms with Crippen LogP contribution >= 0.6 is 0 Å². The first-order valence-corrected chi connectivity index (χ1v) is 10.6. The van der Waals surface area contributed by atoms with E-state index in [1.807, 2.05) is 31.2 Å². The van der Waals surface area contributed by atoms with Gasteiger partial charge in [0.1, 0.15) is 5.82 Å². The lowest BCUT2D eigenvalue weighted by Crippen LogP contribution is -2.27. The normalized spacial score (nSPS) is 11.1. The Hall–Kier alpha value is -3.61. The molecule has 0 spiro atoms. The van der Waals surface area contributed by atoms with Crippen LogP contribution in [0.3, 0.4) is 0 Å². The summed E-state index contributed by atoms with van der Waals surface area (Å²) < 4.78 is 1.64. The molecule has 4 aromatic rings. The highest BCUT2D eigenvalue weighted by Crippen LogP contribution is 2.30. The van der Waals surface area contributed by atoms with Gasteiger partial charge in [-0.15, -0.1) is 10.2 Å². The SMILES string of the molecule is CCCCc1nc(C)n(C)c(=O)c1Cc1ccc(-c2ccccc2-c2nn[nH]n2)cc1. The maximum atomic E-state index is 12.9. The quantitative estimate of drug-likeness (QED) is 0.496. The summed E-state index contributed by atoms with van der Waals surface area (Å²) in [4.78, 5) is 17.7. The van der Waals surface area contributed by atoms with Crippen LogP contribution in [0.15, 0.2) is 53.3 Å². The Kier molecular flexibility index (Phi) is 6.02. The molecule has 0 radical (unpaired) electrons. The zero-order valence-electron chi connectivity index (χ0n) is 18.1. The predicted octanol–water partition coefficient (Wildman–Crippen LogP) is 3.87. The number of aromatic amines is 1. The highest BCUT2D eigenvalue weighted by atomic mass is 16.1. The van der Waals surface area contributed by atoms with Gasteiger partial charge in [0.25, 0.3) is 5.56 Å². The molecule has 0 aliphatic carbocycles. The Balaban J connectivity index is 1.66. The molecule has 7 nitrogen and oxygen atoms in total. The minimum absolute atomic E-state index is 0.0464. The fourth-order valence-electron chi connectivity index (χ4n) is 3.75. The number of benzene rings is 2. The molecule has 0 aliphatic rings. The monoisotopic (exact) mass is 414 g/mol. The zero-order chi connectivity index (χ0) is 21.8. The maximum Gasteiger partial charge on any atom is 0.257 e. The van der Waals surface area contributed by atoms with Crippen molar-refractivity contribution in [3.63, 3.8) is 0 Å². The van der Waals surface area contributed by atoms with Gasteiger partial charge in [-0.25, -0.2) is 4.98 Å². The molecule has 0 aliphatic heterocycles. The molecule has 7 heteroatoms. The van der Waals surface area contributed by atoms with E-state index in [0.29, 0.717) is 12.2 Å². The van der Waals surface area contributed by atoms with Gasteiger partial charge in [0.05, 0.1) is 5.69 Å². The van der Waals surface area contributed by atoms with Crippen molar-refractivity contribution in [3.8, 4) is 22.5 Å². The van der Waals surface area contributed by atoms with Crippen LogP contribution in [0.2, 0.25) is 0 Å². The van der Waals surface area contributed by atoms with Crippen molar-refractivity contribution in [2.24, 2.45) is 7.05 Å². The van der Waals surface area contributed by atoms with E-state index < -0.39 is 0 Å². The van der Waals surface area contributed by atoms with Gasteiger partial charge in [-0.3, -0.25) is 9.36 Å². The first-order valence-electron chi connectivity index (χ1n) is 10.6. The molecular formula is C24H26N6O. The van der Waals surface area contributed by atoms with Crippen molar-refractivity contribution in [1.82, 2.24) is 30.2 Å². The fraction of sp³-hybridized carbons (Fsp3) is 0.292. The number of hydrogen-bond donors (Lipinski definition) is 1. The molecule has 2 aromatic heterocycles. The van der Waals surface area contributed by atoms with Crippen LogP contribution in [-0.2, 0) is 19.9 Å². The third kappa shape index (κ3) is 4.30. The van der Waals surface area contributed by atoms with Crippen LogP contribution < -0.4 is 5.56 Å². The highest BCUT2D eigenvalue weighted by molar-refractivity contribution is 5.80. The smallest absolute Gasteiger partial charge is 0.257 e. The Bertz CT molecular complexity index is 1230. The number of rotatable bonds is 7. The first kappa shape index (κ1) is 20.7. The molecule has 4 rings (SSSR count). The number of aryl methyl sites for hydroxylation is 2. The lowest BCUT2D eigenvalue weighted by molar-refractivity contribution is 0.703. The average molecular weight is 415 g/mol. The molecule has 158 valence electrons. The van der Waals surface area contributed by atoms with Crippen LogP contribution in [0, 0.1) is 6.92 Å². The van der Waals surface area contributed by atoms with Crippen LogP contribution in [0.1, 0.15) is 42.4 Å². The van der Waals surface area contributed by atoms with Gasteiger partial charge in [0, 0.05) is 24.6 Å². The van der Waals surface area contributed by atoms with Crippen LogP contribution in [0.5, 0.6) is 0 Å². The second-order valence-corrected chi connectivity index (χ2v) is 7.71. The van der Waals surface area contributed by atoms with Gasteiger partial charge in [-0.2, -0.15) is 5.21 Å². The fourth-order valence-corrected chi connectivity index (χ4v) is 3.75. The third-order valence-corrected chi connectivity index (χ3v) is 5.62. The topological polar surface area (TPSA) is 89.4 Å². The van der Waals surface area contributed by atoms with Gasteiger partial charge in [0.15, 0.2) is 0 Å². The van der Waals surface area contributed by atoms with E-state index in [4.69, 9.17) is 4.98 Å². The summed E-state index contributed by atoms with van der Waals surface area (Å²) in [5.41, 5.74) is 5.86. The second kappa shape index (κ2) is 9.04. The van der Waals surface area contributed by atoms with E-state index >= 15 is 0 Å². The summed E-state index contributed by atoms with van der Waals surface area (Å²) in [5.74, 6) is 1.32. The molecule has 0 saturated carbocycles. The summed E-state index contributed by atoms with van der Waals surface area (Å²) in [7, 11) is 1.79. The minimum atomic E-state index is 0.0464. The van der Waals surface area contributed by atoms with Gasteiger partial charge in [-0.05, 0) is 41.7 Å². The molecule has 0 amide bonds. The van der Waals surface area contributed by atoms with Gasteiger partial charge in [0.2, 0.25) is 5.82 Å². The van der Waals surface area contributed by atoms with E-state index in [2.05, 4.69) is 51.8 Å². The molecule has 0 saturated heterocycles. The minimum Gasteiger partial charge on any atom is -0.300 e. The van der Waals surface area contributed by atoms with Gasteiger partial charge < -0.3 is 0 Å². The van der Waals surface area contributed by atoms with Crippen molar-refractivity contribution in [3.05, 3.63) is 81.5 Å². The summed E-state index contributed by atoms with van der Waals surface area (Å²) in [6.45, 7) is 4.04. The number of aromatic nitrogens is 6. The molecule has 1 N–H and O–H groups in total. The van der Waals surface area contributed by atoms with E-state index in [0.717, 1.165) is 58.6 Å². The van der Waals surface area contributed by atoms with E-state index in [9.17, 15) is 4.79 Å². The molecule has 31 heavy (non-hydrogen) atoms. The number of nitrogens with zero attached hydrogens (tertiary/aromatic N) is 5. The molecule has 0 bridgehead atoms. The number of tetrazole rings is 1. The standard InChI is InChI=1S/C24H26N6O/c1-4-5-10-22-21(24(31)30(3)16(2)25-22)15-17-11-13-18(14-12-17)19-8-6-7-9-20(19)23-26-28-29-27-23/h6-9,11-14H,4-5,10,15H2,1-3H3,(H,26,27,28,29). The molecule has 2 aromatic carbocycles. The Morgan fingerprint density at radius 1 is 1.03 bits per heavy atom. The first-order chi connectivity index (χ1) is 15.1. The van der Waals surface area contributed by atoms with Gasteiger partial charge >= 0.3 is 0 Å². The molecule has 2 heterocycles. The summed E-state index contributed by atoms with van der Waals surface area (Å²) >= 11 is 0. The summed E-state index contributed by atoms with van der Waals surface area (Å²) in [6, 6.07) is 16.3.